The summed E-state index contributed by atoms with van der Waals surface area (Å²) in [6.07, 6.45) is 1.49. The molecule has 13 heavy (non-hydrogen) atoms. The van der Waals surface area contributed by atoms with Crippen LogP contribution in [0.3, 0.4) is 0 Å². The number of rotatable bonds is 1. The summed E-state index contributed by atoms with van der Waals surface area (Å²) >= 11 is 5.74. The third-order valence-electron chi connectivity index (χ3n) is 1.65. The predicted molar refractivity (Wildman–Crippen MR) is 49.9 cm³/mol. The van der Waals surface area contributed by atoms with Crippen molar-refractivity contribution < 1.29 is 0 Å². The minimum absolute atomic E-state index is 0.0773. The number of hydrogen-bond acceptors (Lipinski definition) is 3. The first kappa shape index (κ1) is 8.00. The Morgan fingerprint density at radius 1 is 1.62 bits per heavy atom. The van der Waals surface area contributed by atoms with E-state index < -0.39 is 0 Å². The fourth-order valence-corrected chi connectivity index (χ4v) is 1.24. The summed E-state index contributed by atoms with van der Waals surface area (Å²) in [5.74, 6) is -0.0773. The van der Waals surface area contributed by atoms with Gasteiger partial charge in [-0.15, -0.1) is 0 Å². The summed E-state index contributed by atoms with van der Waals surface area (Å²) in [5.41, 5.74) is 6.27. The van der Waals surface area contributed by atoms with Crippen LogP contribution in [-0.2, 0) is 0 Å². The molecule has 2 aromatic heterocycles. The van der Waals surface area contributed by atoms with Crippen molar-refractivity contribution in [1.82, 2.24) is 15.2 Å². The summed E-state index contributed by atoms with van der Waals surface area (Å²) in [7, 11) is 0. The van der Waals surface area contributed by atoms with E-state index in [1.165, 1.54) is 6.20 Å². The van der Waals surface area contributed by atoms with Crippen LogP contribution in [0, 0.1) is 5.41 Å². The van der Waals surface area contributed by atoms with Gasteiger partial charge in [-0.2, -0.15) is 5.10 Å². The molecule has 5 nitrogen and oxygen atoms in total. The Bertz CT molecular complexity index is 475. The van der Waals surface area contributed by atoms with Crippen LogP contribution in [0.25, 0.3) is 11.0 Å². The number of fused-ring (bicyclic) bond motifs is 1. The molecule has 0 aromatic carbocycles. The van der Waals surface area contributed by atoms with Crippen molar-refractivity contribution in [2.45, 2.75) is 0 Å². The van der Waals surface area contributed by atoms with Gasteiger partial charge in [-0.05, 0) is 6.07 Å². The van der Waals surface area contributed by atoms with Crippen LogP contribution >= 0.6 is 11.6 Å². The minimum Gasteiger partial charge on any atom is -0.382 e. The summed E-state index contributed by atoms with van der Waals surface area (Å²) in [6, 6.07) is 1.67. The fourth-order valence-electron chi connectivity index (χ4n) is 1.08. The van der Waals surface area contributed by atoms with Crippen molar-refractivity contribution in [3.05, 3.63) is 23.0 Å². The van der Waals surface area contributed by atoms with E-state index in [0.717, 1.165) is 0 Å². The van der Waals surface area contributed by atoms with Crippen LogP contribution in [-0.4, -0.2) is 21.0 Å². The van der Waals surface area contributed by atoms with Crippen molar-refractivity contribution in [3.8, 4) is 0 Å². The molecule has 2 rings (SSSR count). The zero-order chi connectivity index (χ0) is 9.42. The van der Waals surface area contributed by atoms with Crippen LogP contribution in [0.2, 0.25) is 5.02 Å². The van der Waals surface area contributed by atoms with Gasteiger partial charge in [-0.3, -0.25) is 10.5 Å². The number of aromatic amines is 1. The van der Waals surface area contributed by atoms with Gasteiger partial charge in [0.2, 0.25) is 0 Å². The molecule has 0 unspecified atom stereocenters. The number of hydrogen-bond donors (Lipinski definition) is 3. The Morgan fingerprint density at radius 3 is 3.08 bits per heavy atom. The third kappa shape index (κ3) is 1.23. The molecule has 6 heteroatoms. The molecular formula is C7H6ClN5. The topological polar surface area (TPSA) is 91.4 Å². The van der Waals surface area contributed by atoms with Crippen LogP contribution in [0.1, 0.15) is 5.69 Å². The average Bonchev–Trinajstić information content (AvgIpc) is 2.46. The molecule has 0 fully saturated rings. The molecule has 0 saturated carbocycles. The summed E-state index contributed by atoms with van der Waals surface area (Å²) < 4.78 is 0. The molecular weight excluding hydrogens is 190 g/mol. The molecule has 0 radical (unpaired) electrons. The van der Waals surface area contributed by atoms with Crippen molar-refractivity contribution >= 4 is 28.5 Å². The van der Waals surface area contributed by atoms with Crippen LogP contribution in [0.4, 0.5) is 0 Å². The van der Waals surface area contributed by atoms with Crippen molar-refractivity contribution in [3.63, 3.8) is 0 Å². The molecule has 66 valence electrons. The van der Waals surface area contributed by atoms with Gasteiger partial charge in [0.25, 0.3) is 0 Å². The maximum atomic E-state index is 7.24. The van der Waals surface area contributed by atoms with Gasteiger partial charge in [0.1, 0.15) is 11.5 Å². The van der Waals surface area contributed by atoms with Gasteiger partial charge >= 0.3 is 0 Å². The van der Waals surface area contributed by atoms with Crippen molar-refractivity contribution in [2.24, 2.45) is 5.73 Å². The van der Waals surface area contributed by atoms with E-state index in [4.69, 9.17) is 22.7 Å². The van der Waals surface area contributed by atoms with E-state index in [0.29, 0.717) is 21.7 Å². The molecule has 0 aliphatic carbocycles. The Morgan fingerprint density at radius 2 is 2.38 bits per heavy atom. The number of pyridine rings is 1. The zero-order valence-corrected chi connectivity index (χ0v) is 7.26. The molecule has 2 heterocycles. The maximum absolute atomic E-state index is 7.24. The Balaban J connectivity index is 2.79. The molecule has 0 aliphatic rings. The average molecular weight is 196 g/mol. The molecule has 0 saturated heterocycles. The highest BCUT2D eigenvalue weighted by Gasteiger charge is 2.08. The summed E-state index contributed by atoms with van der Waals surface area (Å²) in [6.45, 7) is 0. The number of nitrogens with one attached hydrogen (secondary N) is 2. The molecule has 0 atom stereocenters. The monoisotopic (exact) mass is 195 g/mol. The Labute approximate surface area is 78.4 Å². The predicted octanol–water partition coefficient (Wildman–Crippen LogP) is 0.895. The van der Waals surface area contributed by atoms with E-state index in [2.05, 4.69) is 15.2 Å². The lowest BCUT2D eigenvalue weighted by molar-refractivity contribution is 1.08. The number of nitrogen functional groups attached to an aromatic ring is 1. The lowest BCUT2D eigenvalue weighted by Gasteiger charge is -1.93. The number of nitrogens with two attached hydrogens (primary N) is 1. The number of nitrogens with zero attached hydrogens (tertiary/aromatic N) is 2. The lowest BCUT2D eigenvalue weighted by Crippen LogP contribution is -2.11. The Kier molecular flexibility index (Phi) is 1.66. The molecule has 2 aromatic rings. The third-order valence-corrected chi connectivity index (χ3v) is 1.85. The summed E-state index contributed by atoms with van der Waals surface area (Å²) in [5, 5.41) is 14.9. The minimum atomic E-state index is -0.0773. The quantitative estimate of drug-likeness (QED) is 0.466. The van der Waals surface area contributed by atoms with E-state index in [-0.39, 0.29) is 5.84 Å². The van der Waals surface area contributed by atoms with Crippen LogP contribution < -0.4 is 5.73 Å². The second-order valence-electron chi connectivity index (χ2n) is 2.54. The highest BCUT2D eigenvalue weighted by atomic mass is 35.5. The first-order valence-corrected chi connectivity index (χ1v) is 3.90. The van der Waals surface area contributed by atoms with Gasteiger partial charge in [0.05, 0.1) is 10.4 Å². The van der Waals surface area contributed by atoms with Crippen molar-refractivity contribution in [2.75, 3.05) is 0 Å². The smallest absolute Gasteiger partial charge is 0.181 e. The molecule has 0 bridgehead atoms. The highest BCUT2D eigenvalue weighted by Crippen LogP contribution is 2.17. The maximum Gasteiger partial charge on any atom is 0.181 e. The van der Waals surface area contributed by atoms with Gasteiger partial charge in [-0.25, -0.2) is 4.98 Å². The standard InChI is InChI=1S/C7H6ClN5/c8-3-1-4-5(6(9)10)12-13-7(4)11-2-3/h1-2H,(H3,9,10)(H,11,12,13). The van der Waals surface area contributed by atoms with Gasteiger partial charge in [0.15, 0.2) is 5.65 Å². The van der Waals surface area contributed by atoms with E-state index in [1.54, 1.807) is 6.07 Å². The number of halogens is 1. The van der Waals surface area contributed by atoms with Crippen LogP contribution in [0.5, 0.6) is 0 Å². The molecule has 0 spiro atoms. The first-order valence-electron chi connectivity index (χ1n) is 3.52. The Hall–Kier alpha value is -1.62. The number of H-pyrrole nitrogens is 1. The normalized spacial score (nSPS) is 10.5. The van der Waals surface area contributed by atoms with Gasteiger partial charge in [-0.1, -0.05) is 11.6 Å². The second kappa shape index (κ2) is 2.70. The lowest BCUT2D eigenvalue weighted by atomic mass is 10.2. The van der Waals surface area contributed by atoms with E-state index >= 15 is 0 Å². The number of amidine groups is 1. The zero-order valence-electron chi connectivity index (χ0n) is 6.50. The van der Waals surface area contributed by atoms with Gasteiger partial charge < -0.3 is 5.73 Å². The SMILES string of the molecule is N=C(N)c1[nH]nc2ncc(Cl)cc12. The molecule has 0 amide bonds. The van der Waals surface area contributed by atoms with Gasteiger partial charge in [0, 0.05) is 6.20 Å². The van der Waals surface area contributed by atoms with Crippen molar-refractivity contribution in [1.29, 1.82) is 5.41 Å². The highest BCUT2D eigenvalue weighted by molar-refractivity contribution is 6.31. The van der Waals surface area contributed by atoms with E-state index in [1.807, 2.05) is 0 Å². The number of aromatic nitrogens is 3. The largest absolute Gasteiger partial charge is 0.382 e. The molecule has 4 N–H and O–H groups in total. The van der Waals surface area contributed by atoms with E-state index in [9.17, 15) is 0 Å². The molecule has 0 aliphatic heterocycles. The second-order valence-corrected chi connectivity index (χ2v) is 2.97. The first-order chi connectivity index (χ1) is 6.18. The summed E-state index contributed by atoms with van der Waals surface area (Å²) in [4.78, 5) is 3.96. The van der Waals surface area contributed by atoms with Crippen LogP contribution in [0.15, 0.2) is 12.3 Å². The fraction of sp³-hybridized carbons (Fsp3) is 0.